The van der Waals surface area contributed by atoms with E-state index in [-0.39, 0.29) is 0 Å². The van der Waals surface area contributed by atoms with Crippen molar-refractivity contribution in [3.8, 4) is 0 Å². The Morgan fingerprint density at radius 3 is 2.24 bits per heavy atom. The Labute approximate surface area is 130 Å². The summed E-state index contributed by atoms with van der Waals surface area (Å²) in [6.07, 6.45) is 3.49. The van der Waals surface area contributed by atoms with Gasteiger partial charge < -0.3 is 11.1 Å². The van der Waals surface area contributed by atoms with Crippen molar-refractivity contribution in [1.82, 2.24) is 0 Å². The van der Waals surface area contributed by atoms with Crippen molar-refractivity contribution in [3.63, 3.8) is 0 Å². The highest BCUT2D eigenvalue weighted by Crippen LogP contribution is 2.46. The van der Waals surface area contributed by atoms with Crippen molar-refractivity contribution in [2.24, 2.45) is 16.0 Å². The van der Waals surface area contributed by atoms with Crippen LogP contribution in [0.5, 0.6) is 0 Å². The van der Waals surface area contributed by atoms with Crippen molar-refractivity contribution in [3.05, 3.63) is 18.2 Å². The second-order valence-electron chi connectivity index (χ2n) is 7.80. The monoisotopic (exact) mass is 309 g/mol. The maximum Gasteiger partial charge on any atom is 0.122 e. The average molecular weight is 309 g/mol. The summed E-state index contributed by atoms with van der Waals surface area (Å²) in [4.78, 5) is 0.558. The molecule has 5 heteroatoms. The van der Waals surface area contributed by atoms with Crippen LogP contribution in [0.2, 0.25) is 0 Å². The van der Waals surface area contributed by atoms with Crippen LogP contribution in [0.4, 0.5) is 11.4 Å². The third kappa shape index (κ3) is 4.20. The summed E-state index contributed by atoms with van der Waals surface area (Å²) in [5, 5.41) is 8.95. The van der Waals surface area contributed by atoms with Gasteiger partial charge in [-0.3, -0.25) is 0 Å². The summed E-state index contributed by atoms with van der Waals surface area (Å²) in [6, 6.07) is 5.75. The van der Waals surface area contributed by atoms with E-state index in [4.69, 9.17) is 10.9 Å². The summed E-state index contributed by atoms with van der Waals surface area (Å²) in [5.74, 6) is 0. The van der Waals surface area contributed by atoms with Gasteiger partial charge in [0.1, 0.15) is 11.0 Å². The Morgan fingerprint density at radius 1 is 1.19 bits per heavy atom. The number of nitrogens with two attached hydrogens (primary N) is 2. The average Bonchev–Trinajstić information content (AvgIpc) is 2.27. The number of nitrogens with one attached hydrogen (secondary N) is 1. The maximum absolute atomic E-state index is 11.3. The molecule has 0 heterocycles. The van der Waals surface area contributed by atoms with Gasteiger partial charge in [0.25, 0.3) is 0 Å². The topological polar surface area (TPSA) is 81.1 Å². The van der Waals surface area contributed by atoms with Gasteiger partial charge in [-0.1, -0.05) is 27.7 Å². The highest BCUT2D eigenvalue weighted by Gasteiger charge is 2.38. The Balaban J connectivity index is 2.16. The standard InChI is InChI=1S/C16H27N3OS/c1-15(2)8-11(9-16(3,4)10-15)19-14-6-5-12(21(18)20)7-13(14)17/h5-7,11,19H,8-10,17-18H2,1-4H3. The number of hydrogen-bond acceptors (Lipinski definition) is 3. The largest absolute Gasteiger partial charge is 0.397 e. The summed E-state index contributed by atoms with van der Waals surface area (Å²) < 4.78 is 11.3. The van der Waals surface area contributed by atoms with Crippen molar-refractivity contribution >= 4 is 22.4 Å². The molecule has 118 valence electrons. The highest BCUT2D eigenvalue weighted by atomic mass is 32.2. The molecule has 1 aromatic carbocycles. The molecule has 1 unspecified atom stereocenters. The second-order valence-corrected chi connectivity index (χ2v) is 8.87. The predicted octanol–water partition coefficient (Wildman–Crippen LogP) is 3.27. The molecule has 1 saturated carbocycles. The minimum atomic E-state index is -1.49. The summed E-state index contributed by atoms with van der Waals surface area (Å²) in [7, 11) is -1.49. The summed E-state index contributed by atoms with van der Waals surface area (Å²) >= 11 is 0. The zero-order valence-corrected chi connectivity index (χ0v) is 14.2. The lowest BCUT2D eigenvalue weighted by molar-refractivity contribution is 0.105. The van der Waals surface area contributed by atoms with Crippen LogP contribution >= 0.6 is 0 Å². The SMILES string of the molecule is CC1(C)CC(Nc2ccc(S(N)=O)cc2N)CC(C)(C)C1. The van der Waals surface area contributed by atoms with Gasteiger partial charge in [-0.2, -0.15) is 0 Å². The zero-order chi connectivity index (χ0) is 15.8. The summed E-state index contributed by atoms with van der Waals surface area (Å²) in [5.41, 5.74) is 8.22. The van der Waals surface area contributed by atoms with Gasteiger partial charge in [-0.15, -0.1) is 0 Å². The lowest BCUT2D eigenvalue weighted by atomic mass is 9.63. The van der Waals surface area contributed by atoms with E-state index >= 15 is 0 Å². The van der Waals surface area contributed by atoms with Crippen LogP contribution in [-0.4, -0.2) is 10.3 Å². The molecule has 1 aliphatic rings. The summed E-state index contributed by atoms with van der Waals surface area (Å²) in [6.45, 7) is 9.30. The molecular weight excluding hydrogens is 282 g/mol. The fraction of sp³-hybridized carbons (Fsp3) is 0.625. The fourth-order valence-corrected chi connectivity index (χ4v) is 4.41. The molecule has 0 spiro atoms. The van der Waals surface area contributed by atoms with Crippen LogP contribution in [0, 0.1) is 10.8 Å². The van der Waals surface area contributed by atoms with E-state index in [1.807, 2.05) is 6.07 Å². The van der Waals surface area contributed by atoms with E-state index in [1.54, 1.807) is 12.1 Å². The van der Waals surface area contributed by atoms with Crippen molar-refractivity contribution < 1.29 is 4.21 Å². The molecule has 4 nitrogen and oxygen atoms in total. The molecule has 2 rings (SSSR count). The molecule has 5 N–H and O–H groups in total. The quantitative estimate of drug-likeness (QED) is 0.750. The molecule has 1 atom stereocenters. The Hall–Kier alpha value is -1.07. The van der Waals surface area contributed by atoms with Crippen LogP contribution in [0.25, 0.3) is 0 Å². The molecule has 1 aliphatic carbocycles. The maximum atomic E-state index is 11.3. The molecular formula is C16H27N3OS. The second kappa shape index (κ2) is 5.61. The van der Waals surface area contributed by atoms with Gasteiger partial charge in [0.05, 0.1) is 16.3 Å². The van der Waals surface area contributed by atoms with E-state index in [0.717, 1.165) is 18.5 Å². The highest BCUT2D eigenvalue weighted by molar-refractivity contribution is 7.82. The van der Waals surface area contributed by atoms with Crippen LogP contribution in [-0.2, 0) is 11.0 Å². The van der Waals surface area contributed by atoms with Crippen molar-refractivity contribution in [2.75, 3.05) is 11.1 Å². The number of benzene rings is 1. The molecule has 0 radical (unpaired) electrons. The Kier molecular flexibility index (Phi) is 4.36. The third-order valence-electron chi connectivity index (χ3n) is 4.17. The van der Waals surface area contributed by atoms with Gasteiger partial charge in [0.15, 0.2) is 0 Å². The number of anilines is 2. The van der Waals surface area contributed by atoms with Crippen LogP contribution in [0.1, 0.15) is 47.0 Å². The van der Waals surface area contributed by atoms with Gasteiger partial charge in [0.2, 0.25) is 0 Å². The van der Waals surface area contributed by atoms with Gasteiger partial charge in [0, 0.05) is 6.04 Å². The lowest BCUT2D eigenvalue weighted by Crippen LogP contribution is -2.40. The predicted molar refractivity (Wildman–Crippen MR) is 90.3 cm³/mol. The molecule has 21 heavy (non-hydrogen) atoms. The van der Waals surface area contributed by atoms with Crippen molar-refractivity contribution in [1.29, 1.82) is 0 Å². The Morgan fingerprint density at radius 2 is 1.76 bits per heavy atom. The molecule has 1 fully saturated rings. The fourth-order valence-electron chi connectivity index (χ4n) is 3.97. The molecule has 0 aromatic heterocycles. The van der Waals surface area contributed by atoms with E-state index in [2.05, 4.69) is 33.0 Å². The van der Waals surface area contributed by atoms with Gasteiger partial charge >= 0.3 is 0 Å². The molecule has 0 amide bonds. The van der Waals surface area contributed by atoms with Crippen LogP contribution in [0.15, 0.2) is 23.1 Å². The van der Waals surface area contributed by atoms with Crippen LogP contribution < -0.4 is 16.2 Å². The minimum Gasteiger partial charge on any atom is -0.397 e. The van der Waals surface area contributed by atoms with Gasteiger partial charge in [-0.25, -0.2) is 9.35 Å². The van der Waals surface area contributed by atoms with Crippen LogP contribution in [0.3, 0.4) is 0 Å². The smallest absolute Gasteiger partial charge is 0.122 e. The van der Waals surface area contributed by atoms with E-state index in [0.29, 0.717) is 27.5 Å². The third-order valence-corrected chi connectivity index (χ3v) is 4.89. The first-order chi connectivity index (χ1) is 9.58. The number of hydrogen-bond donors (Lipinski definition) is 3. The molecule has 1 aromatic rings. The lowest BCUT2D eigenvalue weighted by Gasteiger charge is -2.45. The number of rotatable bonds is 3. The minimum absolute atomic E-state index is 0.326. The first kappa shape index (κ1) is 16.3. The molecule has 0 bridgehead atoms. The van der Waals surface area contributed by atoms with Crippen molar-refractivity contribution in [2.45, 2.75) is 57.9 Å². The molecule has 0 saturated heterocycles. The molecule has 0 aliphatic heterocycles. The first-order valence-corrected chi connectivity index (χ1v) is 8.62. The van der Waals surface area contributed by atoms with E-state index in [9.17, 15) is 4.21 Å². The van der Waals surface area contributed by atoms with Gasteiger partial charge in [-0.05, 0) is 48.3 Å². The van der Waals surface area contributed by atoms with E-state index < -0.39 is 11.0 Å². The normalized spacial score (nSPS) is 22.7. The zero-order valence-electron chi connectivity index (χ0n) is 13.4. The number of nitrogen functional groups attached to an aromatic ring is 1. The van der Waals surface area contributed by atoms with E-state index in [1.165, 1.54) is 6.42 Å². The first-order valence-electron chi connectivity index (χ1n) is 7.40. The Bertz CT molecular complexity index is 538.